The van der Waals surface area contributed by atoms with Gasteiger partial charge in [0.25, 0.3) is 0 Å². The molecule has 0 unspecified atom stereocenters. The fourth-order valence-electron chi connectivity index (χ4n) is 2.43. The zero-order valence-corrected chi connectivity index (χ0v) is 13.6. The lowest BCUT2D eigenvalue weighted by Gasteiger charge is -2.17. The largest absolute Gasteiger partial charge is 0.320 e. The molecule has 0 saturated heterocycles. The van der Waals surface area contributed by atoms with Crippen LogP contribution in [-0.4, -0.2) is 28.6 Å². The molecule has 1 atom stereocenters. The molecule has 0 saturated carbocycles. The van der Waals surface area contributed by atoms with Crippen molar-refractivity contribution in [1.29, 1.82) is 0 Å². The van der Waals surface area contributed by atoms with Crippen molar-refractivity contribution in [2.75, 3.05) is 13.6 Å². The van der Waals surface area contributed by atoms with Gasteiger partial charge in [0.15, 0.2) is 0 Å². The van der Waals surface area contributed by atoms with Gasteiger partial charge < -0.3 is 5.32 Å². The molecule has 0 amide bonds. The second-order valence-electron chi connectivity index (χ2n) is 5.09. The second kappa shape index (κ2) is 6.65. The van der Waals surface area contributed by atoms with E-state index in [9.17, 15) is 0 Å². The van der Waals surface area contributed by atoms with Gasteiger partial charge in [-0.2, -0.15) is 15.0 Å². The van der Waals surface area contributed by atoms with Gasteiger partial charge in [-0.05, 0) is 49.8 Å². The summed E-state index contributed by atoms with van der Waals surface area (Å²) in [5.74, 6) is 0. The number of aromatic nitrogens is 3. The van der Waals surface area contributed by atoms with Crippen LogP contribution in [0.4, 0.5) is 0 Å². The van der Waals surface area contributed by atoms with Crippen molar-refractivity contribution < 1.29 is 0 Å². The van der Waals surface area contributed by atoms with Crippen LogP contribution >= 0.6 is 23.2 Å². The maximum absolute atomic E-state index is 6.16. The molecular formula is C16H16Cl2N4. The van der Waals surface area contributed by atoms with E-state index in [0.717, 1.165) is 29.6 Å². The number of halogens is 2. The number of benzene rings is 2. The minimum absolute atomic E-state index is 0.00890. The van der Waals surface area contributed by atoms with Crippen LogP contribution < -0.4 is 5.32 Å². The van der Waals surface area contributed by atoms with E-state index in [1.807, 2.05) is 49.5 Å². The van der Waals surface area contributed by atoms with Gasteiger partial charge >= 0.3 is 0 Å². The standard InChI is InChI=1S/C16H16Cl2N4/c1-19-9-8-16(11-6-7-12(17)13(18)10-11)22-20-14-4-2-3-5-15(14)21-22/h2-7,10,16,19H,8-9H2,1H3/t16-/m1/s1. The molecule has 0 fully saturated rings. The molecule has 0 bridgehead atoms. The van der Waals surface area contributed by atoms with E-state index >= 15 is 0 Å². The van der Waals surface area contributed by atoms with Gasteiger partial charge in [0, 0.05) is 0 Å². The molecule has 114 valence electrons. The van der Waals surface area contributed by atoms with Crippen LogP contribution in [0, 0.1) is 0 Å². The molecule has 1 heterocycles. The zero-order chi connectivity index (χ0) is 15.5. The molecule has 2 aromatic carbocycles. The number of nitrogens with zero attached hydrogens (tertiary/aromatic N) is 3. The Morgan fingerprint density at radius 3 is 2.32 bits per heavy atom. The van der Waals surface area contributed by atoms with Gasteiger partial charge in [0.1, 0.15) is 11.0 Å². The quantitative estimate of drug-likeness (QED) is 0.768. The van der Waals surface area contributed by atoms with Crippen molar-refractivity contribution in [1.82, 2.24) is 20.3 Å². The zero-order valence-electron chi connectivity index (χ0n) is 12.1. The van der Waals surface area contributed by atoms with Crippen LogP contribution in [0.5, 0.6) is 0 Å². The summed E-state index contributed by atoms with van der Waals surface area (Å²) in [5.41, 5.74) is 2.82. The molecule has 6 heteroatoms. The molecular weight excluding hydrogens is 319 g/mol. The van der Waals surface area contributed by atoms with Gasteiger partial charge in [0.05, 0.1) is 16.1 Å². The molecule has 1 N–H and O–H groups in total. The first-order valence-corrected chi connectivity index (χ1v) is 7.86. The van der Waals surface area contributed by atoms with Crippen LogP contribution in [-0.2, 0) is 0 Å². The fraction of sp³-hybridized carbons (Fsp3) is 0.250. The smallest absolute Gasteiger partial charge is 0.113 e. The Balaban J connectivity index is 2.02. The second-order valence-corrected chi connectivity index (χ2v) is 5.91. The van der Waals surface area contributed by atoms with Crippen LogP contribution in [0.25, 0.3) is 11.0 Å². The van der Waals surface area contributed by atoms with Crippen molar-refractivity contribution in [2.24, 2.45) is 0 Å². The van der Waals surface area contributed by atoms with Crippen LogP contribution in [0.15, 0.2) is 42.5 Å². The maximum Gasteiger partial charge on any atom is 0.113 e. The maximum atomic E-state index is 6.16. The van der Waals surface area contributed by atoms with Crippen molar-refractivity contribution in [3.63, 3.8) is 0 Å². The Morgan fingerprint density at radius 1 is 1.05 bits per heavy atom. The number of rotatable bonds is 5. The minimum Gasteiger partial charge on any atom is -0.320 e. The monoisotopic (exact) mass is 334 g/mol. The lowest BCUT2D eigenvalue weighted by Crippen LogP contribution is -2.19. The van der Waals surface area contributed by atoms with Crippen LogP contribution in [0.1, 0.15) is 18.0 Å². The van der Waals surface area contributed by atoms with Gasteiger partial charge in [0.2, 0.25) is 0 Å². The molecule has 0 aliphatic rings. The minimum atomic E-state index is 0.00890. The van der Waals surface area contributed by atoms with Crippen molar-refractivity contribution in [3.8, 4) is 0 Å². The molecule has 1 aromatic heterocycles. The van der Waals surface area contributed by atoms with Gasteiger partial charge in [-0.1, -0.05) is 41.4 Å². The van der Waals surface area contributed by atoms with E-state index in [1.165, 1.54) is 0 Å². The summed E-state index contributed by atoms with van der Waals surface area (Å²) in [6.07, 6.45) is 0.857. The highest BCUT2D eigenvalue weighted by molar-refractivity contribution is 6.42. The van der Waals surface area contributed by atoms with Gasteiger partial charge in [-0.15, -0.1) is 0 Å². The first-order chi connectivity index (χ1) is 10.7. The molecule has 0 radical (unpaired) electrons. The molecule has 3 rings (SSSR count). The third-order valence-corrected chi connectivity index (χ3v) is 4.32. The van der Waals surface area contributed by atoms with E-state index in [2.05, 4.69) is 15.5 Å². The average Bonchev–Trinajstić information content (AvgIpc) is 2.94. The lowest BCUT2D eigenvalue weighted by atomic mass is 10.0. The summed E-state index contributed by atoms with van der Waals surface area (Å²) in [4.78, 5) is 1.77. The van der Waals surface area contributed by atoms with E-state index in [0.29, 0.717) is 10.0 Å². The molecule has 4 nitrogen and oxygen atoms in total. The van der Waals surface area contributed by atoms with Gasteiger partial charge in [-0.25, -0.2) is 0 Å². The molecule has 0 aliphatic heterocycles. The van der Waals surface area contributed by atoms with Gasteiger partial charge in [-0.3, -0.25) is 0 Å². The average molecular weight is 335 g/mol. The normalized spacial score (nSPS) is 12.7. The summed E-state index contributed by atoms with van der Waals surface area (Å²) in [5, 5.41) is 13.5. The van der Waals surface area contributed by atoms with Crippen molar-refractivity contribution in [2.45, 2.75) is 12.5 Å². The van der Waals surface area contributed by atoms with Crippen LogP contribution in [0.3, 0.4) is 0 Å². The van der Waals surface area contributed by atoms with E-state index < -0.39 is 0 Å². The fourth-order valence-corrected chi connectivity index (χ4v) is 2.74. The molecule has 0 spiro atoms. The van der Waals surface area contributed by atoms with E-state index in [-0.39, 0.29) is 6.04 Å². The summed E-state index contributed by atoms with van der Waals surface area (Å²) in [6.45, 7) is 0.850. The highest BCUT2D eigenvalue weighted by Crippen LogP contribution is 2.28. The van der Waals surface area contributed by atoms with E-state index in [4.69, 9.17) is 23.2 Å². The number of hydrogen-bond donors (Lipinski definition) is 1. The number of fused-ring (bicyclic) bond motifs is 1. The SMILES string of the molecule is CNCC[C@H](c1ccc(Cl)c(Cl)c1)n1nc2ccccc2n1. The number of hydrogen-bond acceptors (Lipinski definition) is 3. The first-order valence-electron chi connectivity index (χ1n) is 7.10. The summed E-state index contributed by atoms with van der Waals surface area (Å²) < 4.78 is 0. The predicted molar refractivity (Wildman–Crippen MR) is 90.7 cm³/mol. The van der Waals surface area contributed by atoms with E-state index in [1.54, 1.807) is 4.80 Å². The first kappa shape index (κ1) is 15.3. The third kappa shape index (κ3) is 3.09. The molecule has 0 aliphatic carbocycles. The summed E-state index contributed by atoms with van der Waals surface area (Å²) >= 11 is 12.2. The third-order valence-electron chi connectivity index (χ3n) is 3.58. The Hall–Kier alpha value is -1.62. The Bertz CT molecular complexity index is 752. The highest BCUT2D eigenvalue weighted by Gasteiger charge is 2.17. The Kier molecular flexibility index (Phi) is 4.62. The number of nitrogens with one attached hydrogen (secondary N) is 1. The Labute approximate surface area is 139 Å². The van der Waals surface area contributed by atoms with Crippen LogP contribution in [0.2, 0.25) is 10.0 Å². The summed E-state index contributed by atoms with van der Waals surface area (Å²) in [7, 11) is 1.93. The lowest BCUT2D eigenvalue weighted by molar-refractivity contribution is 0.435. The molecule has 22 heavy (non-hydrogen) atoms. The topological polar surface area (TPSA) is 42.7 Å². The predicted octanol–water partition coefficient (Wildman–Crippen LogP) is 3.94. The molecule has 3 aromatic rings. The highest BCUT2D eigenvalue weighted by atomic mass is 35.5. The van der Waals surface area contributed by atoms with Crippen molar-refractivity contribution >= 4 is 34.2 Å². The van der Waals surface area contributed by atoms with Crippen molar-refractivity contribution in [3.05, 3.63) is 58.1 Å². The Morgan fingerprint density at radius 2 is 1.73 bits per heavy atom. The summed E-state index contributed by atoms with van der Waals surface area (Å²) in [6, 6.07) is 13.5.